The summed E-state index contributed by atoms with van der Waals surface area (Å²) in [5.74, 6) is 1.03. The van der Waals surface area contributed by atoms with Crippen LogP contribution in [0.25, 0.3) is 6.08 Å². The summed E-state index contributed by atoms with van der Waals surface area (Å²) in [5, 5.41) is 4.14. The zero-order chi connectivity index (χ0) is 19.4. The topological polar surface area (TPSA) is 59.9 Å². The maximum Gasteiger partial charge on any atom is 0.264 e. The largest absolute Gasteiger partial charge is 0.493 e. The lowest BCUT2D eigenvalue weighted by atomic mass is 10.2. The lowest BCUT2D eigenvalue weighted by Gasteiger charge is -2.09. The summed E-state index contributed by atoms with van der Waals surface area (Å²) in [4.78, 5) is 17.1. The summed E-state index contributed by atoms with van der Waals surface area (Å²) < 4.78 is 10.8. The van der Waals surface area contributed by atoms with Crippen LogP contribution in [0, 0.1) is 0 Å². The molecule has 1 saturated heterocycles. The SMILES string of the molecule is CCOc1ccc(/C=C2/SC(=Nc3cc(Cl)ccc3Cl)NC2=O)cc1OC. The monoisotopic (exact) mass is 422 g/mol. The molecule has 2 aromatic rings. The van der Waals surface area contributed by atoms with Crippen LogP contribution in [-0.4, -0.2) is 24.8 Å². The molecule has 5 nitrogen and oxygen atoms in total. The molecule has 1 fully saturated rings. The lowest BCUT2D eigenvalue weighted by Crippen LogP contribution is -2.19. The van der Waals surface area contributed by atoms with Gasteiger partial charge in [0.05, 0.1) is 29.3 Å². The second-order valence-electron chi connectivity index (χ2n) is 5.42. The van der Waals surface area contributed by atoms with Gasteiger partial charge in [0.15, 0.2) is 16.7 Å². The number of nitrogens with one attached hydrogen (secondary N) is 1. The van der Waals surface area contributed by atoms with Gasteiger partial charge in [-0.2, -0.15) is 0 Å². The van der Waals surface area contributed by atoms with Gasteiger partial charge >= 0.3 is 0 Å². The maximum absolute atomic E-state index is 12.3. The highest BCUT2D eigenvalue weighted by Gasteiger charge is 2.24. The van der Waals surface area contributed by atoms with E-state index in [2.05, 4.69) is 10.3 Å². The van der Waals surface area contributed by atoms with E-state index in [0.29, 0.717) is 43.9 Å². The van der Waals surface area contributed by atoms with E-state index in [1.165, 1.54) is 11.8 Å². The van der Waals surface area contributed by atoms with Crippen molar-refractivity contribution in [2.45, 2.75) is 6.92 Å². The summed E-state index contributed by atoms with van der Waals surface area (Å²) in [6.45, 7) is 2.45. The Balaban J connectivity index is 1.85. The van der Waals surface area contributed by atoms with E-state index in [9.17, 15) is 4.79 Å². The number of rotatable bonds is 5. The van der Waals surface area contributed by atoms with Crippen LogP contribution in [0.4, 0.5) is 5.69 Å². The Labute approximate surface area is 171 Å². The van der Waals surface area contributed by atoms with E-state index in [4.69, 9.17) is 32.7 Å². The molecule has 8 heteroatoms. The minimum absolute atomic E-state index is 0.232. The van der Waals surface area contributed by atoms with Crippen LogP contribution in [0.5, 0.6) is 11.5 Å². The Hall–Kier alpha value is -2.15. The van der Waals surface area contributed by atoms with Gasteiger partial charge in [-0.05, 0) is 60.7 Å². The van der Waals surface area contributed by atoms with Crippen LogP contribution in [0.2, 0.25) is 10.0 Å². The third-order valence-corrected chi connectivity index (χ3v) is 5.03. The zero-order valence-electron chi connectivity index (χ0n) is 14.6. The third kappa shape index (κ3) is 4.77. The highest BCUT2D eigenvalue weighted by atomic mass is 35.5. The zero-order valence-corrected chi connectivity index (χ0v) is 16.9. The quantitative estimate of drug-likeness (QED) is 0.664. The summed E-state index contributed by atoms with van der Waals surface area (Å²) in [6.07, 6.45) is 1.76. The van der Waals surface area contributed by atoms with Gasteiger partial charge in [-0.1, -0.05) is 29.3 Å². The predicted molar refractivity (Wildman–Crippen MR) is 111 cm³/mol. The minimum atomic E-state index is -0.232. The second-order valence-corrected chi connectivity index (χ2v) is 7.30. The van der Waals surface area contributed by atoms with Gasteiger partial charge in [-0.15, -0.1) is 0 Å². The molecule has 0 bridgehead atoms. The van der Waals surface area contributed by atoms with Crippen LogP contribution in [-0.2, 0) is 4.79 Å². The molecule has 1 aliphatic rings. The molecule has 0 unspecified atom stereocenters. The van der Waals surface area contributed by atoms with Crippen molar-refractivity contribution in [1.29, 1.82) is 0 Å². The van der Waals surface area contributed by atoms with Crippen molar-refractivity contribution in [3.8, 4) is 11.5 Å². The van der Waals surface area contributed by atoms with Crippen molar-refractivity contribution in [2.24, 2.45) is 4.99 Å². The molecule has 27 heavy (non-hydrogen) atoms. The number of benzene rings is 2. The molecule has 1 heterocycles. The highest BCUT2D eigenvalue weighted by Crippen LogP contribution is 2.34. The van der Waals surface area contributed by atoms with Crippen LogP contribution in [0.3, 0.4) is 0 Å². The number of carbonyl (C=O) groups excluding carboxylic acids is 1. The standard InChI is InChI=1S/C19H16Cl2N2O3S/c1-3-26-15-7-4-11(8-16(15)25-2)9-17-18(24)23-19(27-17)22-14-10-12(20)5-6-13(14)21/h4-10H,3H2,1-2H3,(H,22,23,24)/b17-9+. The first kappa shape index (κ1) is 19.6. The number of halogens is 2. The number of aliphatic imine (C=N–C) groups is 1. The van der Waals surface area contributed by atoms with Crippen LogP contribution in [0.1, 0.15) is 12.5 Å². The summed E-state index contributed by atoms with van der Waals surface area (Å²) in [7, 11) is 1.57. The number of thioether (sulfide) groups is 1. The molecule has 0 saturated carbocycles. The van der Waals surface area contributed by atoms with Gasteiger partial charge in [-0.3, -0.25) is 4.79 Å². The fourth-order valence-corrected chi connectivity index (χ4v) is 3.52. The number of ether oxygens (including phenoxy) is 2. The Morgan fingerprint density at radius 1 is 1.19 bits per heavy atom. The molecular weight excluding hydrogens is 407 g/mol. The second kappa shape index (κ2) is 8.69. The van der Waals surface area contributed by atoms with E-state index in [0.717, 1.165) is 5.56 Å². The van der Waals surface area contributed by atoms with Gasteiger partial charge in [-0.25, -0.2) is 4.99 Å². The molecule has 0 aromatic heterocycles. The Kier molecular flexibility index (Phi) is 6.31. The van der Waals surface area contributed by atoms with Crippen molar-refractivity contribution >= 4 is 57.8 Å². The number of nitrogens with zero attached hydrogens (tertiary/aromatic N) is 1. The first-order valence-electron chi connectivity index (χ1n) is 8.05. The van der Waals surface area contributed by atoms with Crippen molar-refractivity contribution in [1.82, 2.24) is 5.32 Å². The number of amides is 1. The Morgan fingerprint density at radius 2 is 2.00 bits per heavy atom. The summed E-state index contributed by atoms with van der Waals surface area (Å²) in [5.41, 5.74) is 1.31. The summed E-state index contributed by atoms with van der Waals surface area (Å²) in [6, 6.07) is 10.5. The molecule has 3 rings (SSSR count). The molecule has 0 atom stereocenters. The predicted octanol–water partition coefficient (Wildman–Crippen LogP) is 5.29. The molecule has 1 N–H and O–H groups in total. The number of methoxy groups -OCH3 is 1. The average Bonchev–Trinajstić information content (AvgIpc) is 2.98. The van der Waals surface area contributed by atoms with Gasteiger partial charge in [0.1, 0.15) is 0 Å². The fraction of sp³-hybridized carbons (Fsp3) is 0.158. The van der Waals surface area contributed by atoms with Crippen molar-refractivity contribution in [3.63, 3.8) is 0 Å². The molecule has 0 aliphatic carbocycles. The molecule has 1 amide bonds. The fourth-order valence-electron chi connectivity index (χ4n) is 2.36. The van der Waals surface area contributed by atoms with E-state index in [-0.39, 0.29) is 5.91 Å². The maximum atomic E-state index is 12.3. The highest BCUT2D eigenvalue weighted by molar-refractivity contribution is 8.18. The number of amidine groups is 1. The number of hydrogen-bond donors (Lipinski definition) is 1. The van der Waals surface area contributed by atoms with Gasteiger partial charge in [0, 0.05) is 5.02 Å². The van der Waals surface area contributed by atoms with E-state index in [1.54, 1.807) is 31.4 Å². The molecule has 2 aromatic carbocycles. The van der Waals surface area contributed by atoms with E-state index < -0.39 is 0 Å². The van der Waals surface area contributed by atoms with E-state index in [1.807, 2.05) is 25.1 Å². The number of carbonyl (C=O) groups is 1. The van der Waals surface area contributed by atoms with Gasteiger partial charge < -0.3 is 14.8 Å². The number of hydrogen-bond acceptors (Lipinski definition) is 5. The molecule has 140 valence electrons. The first-order valence-corrected chi connectivity index (χ1v) is 9.63. The van der Waals surface area contributed by atoms with E-state index >= 15 is 0 Å². The van der Waals surface area contributed by atoms with Gasteiger partial charge in [0.2, 0.25) is 0 Å². The van der Waals surface area contributed by atoms with Crippen LogP contribution >= 0.6 is 35.0 Å². The smallest absolute Gasteiger partial charge is 0.264 e. The van der Waals surface area contributed by atoms with Crippen LogP contribution in [0.15, 0.2) is 46.3 Å². The molecular formula is C19H16Cl2N2O3S. The van der Waals surface area contributed by atoms with Crippen molar-refractivity contribution < 1.29 is 14.3 Å². The third-order valence-electron chi connectivity index (χ3n) is 3.57. The lowest BCUT2D eigenvalue weighted by molar-refractivity contribution is -0.115. The molecule has 0 radical (unpaired) electrons. The molecule has 0 spiro atoms. The molecule has 1 aliphatic heterocycles. The van der Waals surface area contributed by atoms with Crippen molar-refractivity contribution in [2.75, 3.05) is 13.7 Å². The minimum Gasteiger partial charge on any atom is -0.493 e. The van der Waals surface area contributed by atoms with Crippen molar-refractivity contribution in [3.05, 3.63) is 56.9 Å². The van der Waals surface area contributed by atoms with Gasteiger partial charge in [0.25, 0.3) is 5.91 Å². The summed E-state index contributed by atoms with van der Waals surface area (Å²) >= 11 is 13.3. The van der Waals surface area contributed by atoms with Crippen LogP contribution < -0.4 is 14.8 Å². The Morgan fingerprint density at radius 3 is 2.74 bits per heavy atom. The Bertz CT molecular complexity index is 945. The first-order chi connectivity index (χ1) is 13.0. The normalized spacial score (nSPS) is 16.7. The average molecular weight is 423 g/mol.